The minimum Gasteiger partial charge on any atom is -0.415 e. The van der Waals surface area contributed by atoms with Crippen molar-refractivity contribution in [2.45, 2.75) is 6.43 Å². The molecule has 0 radical (unpaired) electrons. The van der Waals surface area contributed by atoms with Crippen molar-refractivity contribution in [1.29, 1.82) is 0 Å². The van der Waals surface area contributed by atoms with Gasteiger partial charge in [0.15, 0.2) is 6.29 Å². The van der Waals surface area contributed by atoms with Gasteiger partial charge >= 0.3 is 6.43 Å². The first-order valence-corrected chi connectivity index (χ1v) is 4.48. The van der Waals surface area contributed by atoms with E-state index in [1.54, 1.807) is 0 Å². The van der Waals surface area contributed by atoms with Gasteiger partial charge in [-0.25, -0.2) is 4.39 Å². The summed E-state index contributed by atoms with van der Waals surface area (Å²) in [4.78, 5) is 10.4. The van der Waals surface area contributed by atoms with E-state index in [1.807, 2.05) is 0 Å². The molecule has 1 heterocycles. The lowest BCUT2D eigenvalue weighted by molar-refractivity contribution is 0.111. The summed E-state index contributed by atoms with van der Waals surface area (Å²) in [5.74, 6) is -1.84. The van der Waals surface area contributed by atoms with Crippen LogP contribution in [0.3, 0.4) is 0 Å². The lowest BCUT2D eigenvalue weighted by atomic mass is 10.1. The Balaban J connectivity index is 2.39. The van der Waals surface area contributed by atoms with Gasteiger partial charge < -0.3 is 4.42 Å². The highest BCUT2D eigenvalue weighted by molar-refractivity contribution is 5.76. The highest BCUT2D eigenvalue weighted by Gasteiger charge is 2.17. The van der Waals surface area contributed by atoms with Crippen LogP contribution in [0.25, 0.3) is 11.5 Å². The Hall–Kier alpha value is -2.18. The second kappa shape index (κ2) is 4.36. The van der Waals surface area contributed by atoms with Crippen molar-refractivity contribution >= 4 is 6.29 Å². The van der Waals surface area contributed by atoms with E-state index in [2.05, 4.69) is 14.6 Å². The van der Waals surface area contributed by atoms with E-state index in [9.17, 15) is 18.0 Å². The van der Waals surface area contributed by atoms with Crippen LogP contribution >= 0.6 is 0 Å². The first kappa shape index (κ1) is 11.3. The summed E-state index contributed by atoms with van der Waals surface area (Å²) in [6, 6.07) is 3.49. The van der Waals surface area contributed by atoms with Crippen molar-refractivity contribution in [3.05, 3.63) is 35.5 Å². The molecule has 0 spiro atoms. The van der Waals surface area contributed by atoms with Gasteiger partial charge in [0.1, 0.15) is 5.82 Å². The zero-order chi connectivity index (χ0) is 12.4. The number of alkyl halides is 2. The van der Waals surface area contributed by atoms with Crippen molar-refractivity contribution in [3.8, 4) is 11.5 Å². The summed E-state index contributed by atoms with van der Waals surface area (Å²) in [7, 11) is 0. The molecule has 0 N–H and O–H groups in total. The predicted molar refractivity (Wildman–Crippen MR) is 50.0 cm³/mol. The summed E-state index contributed by atoms with van der Waals surface area (Å²) in [6.07, 6.45) is -2.53. The van der Waals surface area contributed by atoms with Gasteiger partial charge in [-0.3, -0.25) is 4.79 Å². The maximum Gasteiger partial charge on any atom is 0.314 e. The summed E-state index contributed by atoms with van der Waals surface area (Å²) < 4.78 is 42.2. The molecule has 0 unspecified atom stereocenters. The molecule has 0 aliphatic rings. The Kier molecular flexibility index (Phi) is 2.90. The predicted octanol–water partition coefficient (Wildman–Crippen LogP) is 2.63. The Labute approximate surface area is 93.1 Å². The number of benzene rings is 1. The molecule has 88 valence electrons. The van der Waals surface area contributed by atoms with E-state index in [0.29, 0.717) is 6.29 Å². The van der Waals surface area contributed by atoms with Gasteiger partial charge in [0.2, 0.25) is 5.89 Å². The zero-order valence-corrected chi connectivity index (χ0v) is 8.23. The van der Waals surface area contributed by atoms with Crippen LogP contribution in [0.2, 0.25) is 0 Å². The van der Waals surface area contributed by atoms with E-state index in [4.69, 9.17) is 0 Å². The van der Waals surface area contributed by atoms with Crippen LogP contribution in [0, 0.1) is 5.82 Å². The number of carbonyl (C=O) groups excluding carboxylic acids is 1. The smallest absolute Gasteiger partial charge is 0.314 e. The number of rotatable bonds is 3. The van der Waals surface area contributed by atoms with E-state index in [0.717, 1.165) is 6.07 Å². The summed E-state index contributed by atoms with van der Waals surface area (Å²) in [5.41, 5.74) is -0.00477. The van der Waals surface area contributed by atoms with Gasteiger partial charge in [-0.15, -0.1) is 10.2 Å². The molecule has 0 atom stereocenters. The molecule has 1 aromatic carbocycles. The first-order chi connectivity index (χ1) is 8.11. The van der Waals surface area contributed by atoms with Crippen LogP contribution in [0.15, 0.2) is 22.6 Å². The molecule has 0 saturated carbocycles. The average molecular weight is 242 g/mol. The second-order valence-electron chi connectivity index (χ2n) is 3.10. The Morgan fingerprint density at radius 3 is 2.59 bits per heavy atom. The van der Waals surface area contributed by atoms with Crippen LogP contribution in [-0.2, 0) is 0 Å². The third-order valence-electron chi connectivity index (χ3n) is 2.00. The van der Waals surface area contributed by atoms with Gasteiger partial charge in [-0.05, 0) is 18.2 Å². The van der Waals surface area contributed by atoms with Crippen molar-refractivity contribution in [2.24, 2.45) is 0 Å². The molecule has 1 aromatic heterocycles. The molecule has 0 fully saturated rings. The minimum atomic E-state index is -2.88. The molecule has 2 aromatic rings. The summed E-state index contributed by atoms with van der Waals surface area (Å²) >= 11 is 0. The number of carbonyl (C=O) groups is 1. The van der Waals surface area contributed by atoms with E-state index >= 15 is 0 Å². The van der Waals surface area contributed by atoms with Crippen LogP contribution in [0.1, 0.15) is 22.7 Å². The Bertz CT molecular complexity index is 554. The van der Waals surface area contributed by atoms with E-state index in [1.165, 1.54) is 12.1 Å². The molecule has 4 nitrogen and oxygen atoms in total. The highest BCUT2D eigenvalue weighted by atomic mass is 19.3. The minimum absolute atomic E-state index is 0.132. The molecule has 17 heavy (non-hydrogen) atoms. The van der Waals surface area contributed by atoms with Crippen molar-refractivity contribution in [1.82, 2.24) is 10.2 Å². The molecule has 0 amide bonds. The third kappa shape index (κ3) is 2.17. The molecule has 0 saturated heterocycles. The van der Waals surface area contributed by atoms with Gasteiger partial charge in [0, 0.05) is 5.56 Å². The monoisotopic (exact) mass is 242 g/mol. The lowest BCUT2D eigenvalue weighted by Gasteiger charge is -1.97. The van der Waals surface area contributed by atoms with Crippen molar-refractivity contribution < 1.29 is 22.4 Å². The zero-order valence-electron chi connectivity index (χ0n) is 8.23. The molecule has 0 bridgehead atoms. The molecular weight excluding hydrogens is 237 g/mol. The lowest BCUT2D eigenvalue weighted by Crippen LogP contribution is -1.88. The van der Waals surface area contributed by atoms with E-state index < -0.39 is 18.1 Å². The average Bonchev–Trinajstić information content (AvgIpc) is 2.78. The number of hydrogen-bond donors (Lipinski definition) is 0. The fourth-order valence-corrected chi connectivity index (χ4v) is 1.20. The maximum atomic E-state index is 13.2. The standard InChI is InChI=1S/C10H5F3N2O2/c11-7-3-5(1-2-6(7)4-16)9-14-15-10(17-9)8(12)13/h1-4,8H. The topological polar surface area (TPSA) is 56.0 Å². The number of halogens is 3. The molecular formula is C10H5F3N2O2. The van der Waals surface area contributed by atoms with Gasteiger partial charge in [-0.1, -0.05) is 0 Å². The van der Waals surface area contributed by atoms with Gasteiger partial charge in [0.05, 0.1) is 5.56 Å². The molecule has 0 aliphatic carbocycles. The van der Waals surface area contributed by atoms with Crippen LogP contribution in [0.4, 0.5) is 13.2 Å². The number of aldehydes is 1. The van der Waals surface area contributed by atoms with Crippen LogP contribution in [-0.4, -0.2) is 16.5 Å². The summed E-state index contributed by atoms with van der Waals surface area (Å²) in [5, 5.41) is 6.46. The normalized spacial score (nSPS) is 10.8. The number of hydrogen-bond acceptors (Lipinski definition) is 4. The largest absolute Gasteiger partial charge is 0.415 e. The van der Waals surface area contributed by atoms with Gasteiger partial charge in [0.25, 0.3) is 5.89 Å². The van der Waals surface area contributed by atoms with Crippen molar-refractivity contribution in [3.63, 3.8) is 0 Å². The fourth-order valence-electron chi connectivity index (χ4n) is 1.20. The fraction of sp³-hybridized carbons (Fsp3) is 0.100. The molecule has 7 heteroatoms. The first-order valence-electron chi connectivity index (χ1n) is 4.48. The Morgan fingerprint density at radius 2 is 2.06 bits per heavy atom. The quantitative estimate of drug-likeness (QED) is 0.776. The van der Waals surface area contributed by atoms with Crippen LogP contribution < -0.4 is 0 Å². The van der Waals surface area contributed by atoms with E-state index in [-0.39, 0.29) is 17.0 Å². The Morgan fingerprint density at radius 1 is 1.29 bits per heavy atom. The SMILES string of the molecule is O=Cc1ccc(-c2nnc(C(F)F)o2)cc1F. The van der Waals surface area contributed by atoms with Crippen LogP contribution in [0.5, 0.6) is 0 Å². The van der Waals surface area contributed by atoms with Crippen molar-refractivity contribution in [2.75, 3.05) is 0 Å². The van der Waals surface area contributed by atoms with Gasteiger partial charge in [-0.2, -0.15) is 8.78 Å². The highest BCUT2D eigenvalue weighted by Crippen LogP contribution is 2.24. The number of nitrogens with zero attached hydrogens (tertiary/aromatic N) is 2. The number of aromatic nitrogens is 2. The summed E-state index contributed by atoms with van der Waals surface area (Å²) in [6.45, 7) is 0. The molecule has 0 aliphatic heterocycles. The molecule has 2 rings (SSSR count). The third-order valence-corrected chi connectivity index (χ3v) is 2.00. The maximum absolute atomic E-state index is 13.2. The second-order valence-corrected chi connectivity index (χ2v) is 3.10.